The summed E-state index contributed by atoms with van der Waals surface area (Å²) in [4.78, 5) is 12.6. The van der Waals surface area contributed by atoms with Crippen molar-refractivity contribution in [3.63, 3.8) is 0 Å². The lowest BCUT2D eigenvalue weighted by molar-refractivity contribution is 0.102. The number of hydrogen-bond acceptors (Lipinski definition) is 6. The van der Waals surface area contributed by atoms with Gasteiger partial charge in [-0.25, -0.2) is 13.1 Å². The van der Waals surface area contributed by atoms with Crippen LogP contribution in [0.5, 0.6) is 11.5 Å². The fraction of sp³-hybridized carbons (Fsp3) is 0.316. The van der Waals surface area contributed by atoms with Crippen LogP contribution in [0.25, 0.3) is 0 Å². The van der Waals surface area contributed by atoms with E-state index in [9.17, 15) is 13.2 Å². The standard InChI is InChI=1S/C19H24N2O6S/c1-13-11-17(26-3)18(27-4)12-16(13)21-19(22)14-5-7-15(8-6-14)28(23,24)20-9-10-25-2/h5-8,11-12,20H,9-10H2,1-4H3,(H,21,22). The van der Waals surface area contributed by atoms with Crippen LogP contribution in [0.1, 0.15) is 15.9 Å². The number of aryl methyl sites for hydroxylation is 1. The number of nitrogens with one attached hydrogen (secondary N) is 2. The highest BCUT2D eigenvalue weighted by Crippen LogP contribution is 2.33. The van der Waals surface area contributed by atoms with Crippen LogP contribution in [0.2, 0.25) is 0 Å². The number of rotatable bonds is 9. The van der Waals surface area contributed by atoms with Crippen LogP contribution in [-0.4, -0.2) is 48.8 Å². The number of sulfonamides is 1. The number of hydrogen-bond donors (Lipinski definition) is 2. The molecule has 0 spiro atoms. The monoisotopic (exact) mass is 408 g/mol. The van der Waals surface area contributed by atoms with Gasteiger partial charge < -0.3 is 19.5 Å². The predicted molar refractivity (Wildman–Crippen MR) is 106 cm³/mol. The zero-order valence-electron chi connectivity index (χ0n) is 16.2. The fourth-order valence-corrected chi connectivity index (χ4v) is 3.47. The van der Waals surface area contributed by atoms with E-state index in [4.69, 9.17) is 14.2 Å². The lowest BCUT2D eigenvalue weighted by atomic mass is 10.1. The van der Waals surface area contributed by atoms with Crippen LogP contribution in [0.4, 0.5) is 5.69 Å². The molecule has 152 valence electrons. The number of benzene rings is 2. The highest BCUT2D eigenvalue weighted by atomic mass is 32.2. The molecule has 0 aliphatic carbocycles. The number of anilines is 1. The van der Waals surface area contributed by atoms with Crippen LogP contribution in [-0.2, 0) is 14.8 Å². The zero-order valence-corrected chi connectivity index (χ0v) is 17.1. The molecule has 0 aromatic heterocycles. The molecule has 0 saturated carbocycles. The Bertz CT molecular complexity index is 926. The van der Waals surface area contributed by atoms with Gasteiger partial charge in [-0.05, 0) is 42.8 Å². The Morgan fingerprint density at radius 3 is 2.18 bits per heavy atom. The SMILES string of the molecule is COCCNS(=O)(=O)c1ccc(C(=O)Nc2cc(OC)c(OC)cc2C)cc1. The molecule has 0 aliphatic rings. The lowest BCUT2D eigenvalue weighted by Gasteiger charge is -2.14. The van der Waals surface area contributed by atoms with Crippen molar-refractivity contribution in [3.8, 4) is 11.5 Å². The molecule has 0 radical (unpaired) electrons. The van der Waals surface area contributed by atoms with Crippen molar-refractivity contribution in [2.75, 3.05) is 39.8 Å². The van der Waals surface area contributed by atoms with Gasteiger partial charge in [0, 0.05) is 31.0 Å². The van der Waals surface area contributed by atoms with Crippen molar-refractivity contribution < 1.29 is 27.4 Å². The molecule has 0 bridgehead atoms. The first kappa shape index (κ1) is 21.7. The Morgan fingerprint density at radius 1 is 1.00 bits per heavy atom. The molecular weight excluding hydrogens is 384 g/mol. The number of ether oxygens (including phenoxy) is 3. The molecule has 2 N–H and O–H groups in total. The summed E-state index contributed by atoms with van der Waals surface area (Å²) in [7, 11) is 0.888. The molecule has 8 nitrogen and oxygen atoms in total. The van der Waals surface area contributed by atoms with Crippen molar-refractivity contribution in [2.45, 2.75) is 11.8 Å². The summed E-state index contributed by atoms with van der Waals surface area (Å²) in [6, 6.07) is 9.10. The molecule has 2 rings (SSSR count). The van der Waals surface area contributed by atoms with E-state index in [1.165, 1.54) is 45.6 Å². The second-order valence-electron chi connectivity index (χ2n) is 5.89. The molecule has 2 aromatic carbocycles. The summed E-state index contributed by atoms with van der Waals surface area (Å²) in [5.74, 6) is 0.687. The van der Waals surface area contributed by atoms with Crippen molar-refractivity contribution in [3.05, 3.63) is 47.5 Å². The smallest absolute Gasteiger partial charge is 0.255 e. The molecule has 0 aliphatic heterocycles. The Balaban J connectivity index is 2.16. The molecular formula is C19H24N2O6S. The molecule has 0 saturated heterocycles. The van der Waals surface area contributed by atoms with Gasteiger partial charge in [-0.2, -0.15) is 0 Å². The van der Waals surface area contributed by atoms with E-state index in [0.29, 0.717) is 22.7 Å². The maximum atomic E-state index is 12.5. The maximum absolute atomic E-state index is 12.5. The Labute approximate surface area is 164 Å². The van der Waals surface area contributed by atoms with Crippen molar-refractivity contribution in [1.29, 1.82) is 0 Å². The minimum absolute atomic E-state index is 0.0717. The van der Waals surface area contributed by atoms with Crippen LogP contribution in [0.15, 0.2) is 41.3 Å². The summed E-state index contributed by atoms with van der Waals surface area (Å²) in [5, 5.41) is 2.80. The van der Waals surface area contributed by atoms with Crippen molar-refractivity contribution in [2.24, 2.45) is 0 Å². The molecule has 9 heteroatoms. The first-order valence-corrected chi connectivity index (χ1v) is 9.93. The minimum atomic E-state index is -3.65. The number of carbonyl (C=O) groups is 1. The van der Waals surface area contributed by atoms with Crippen LogP contribution in [0.3, 0.4) is 0 Å². The van der Waals surface area contributed by atoms with E-state index in [-0.39, 0.29) is 24.0 Å². The van der Waals surface area contributed by atoms with Gasteiger partial charge in [-0.15, -0.1) is 0 Å². The molecule has 1 amide bonds. The van der Waals surface area contributed by atoms with E-state index in [1.54, 1.807) is 12.1 Å². The molecule has 0 atom stereocenters. The Hall–Kier alpha value is -2.62. The highest BCUT2D eigenvalue weighted by Gasteiger charge is 2.16. The van der Waals surface area contributed by atoms with Crippen LogP contribution in [0, 0.1) is 6.92 Å². The number of methoxy groups -OCH3 is 3. The quantitative estimate of drug-likeness (QED) is 0.617. The first-order chi connectivity index (χ1) is 13.3. The summed E-state index contributed by atoms with van der Waals surface area (Å²) in [6.07, 6.45) is 0. The lowest BCUT2D eigenvalue weighted by Crippen LogP contribution is -2.27. The molecule has 0 fully saturated rings. The average molecular weight is 408 g/mol. The van der Waals surface area contributed by atoms with Gasteiger partial charge in [0.05, 0.1) is 25.7 Å². The number of amides is 1. The second-order valence-corrected chi connectivity index (χ2v) is 7.66. The summed E-state index contributed by atoms with van der Waals surface area (Å²) in [5.41, 5.74) is 1.69. The molecule has 2 aromatic rings. The van der Waals surface area contributed by atoms with Gasteiger partial charge in [0.2, 0.25) is 10.0 Å². The highest BCUT2D eigenvalue weighted by molar-refractivity contribution is 7.89. The number of carbonyl (C=O) groups excluding carboxylic acids is 1. The topological polar surface area (TPSA) is 103 Å². The zero-order chi connectivity index (χ0) is 20.7. The van der Waals surface area contributed by atoms with Crippen molar-refractivity contribution >= 4 is 21.6 Å². The van der Waals surface area contributed by atoms with Crippen molar-refractivity contribution in [1.82, 2.24) is 4.72 Å². The first-order valence-electron chi connectivity index (χ1n) is 8.45. The normalized spacial score (nSPS) is 11.1. The second kappa shape index (κ2) is 9.54. The Kier molecular flexibility index (Phi) is 7.38. The van der Waals surface area contributed by atoms with Crippen LogP contribution < -0.4 is 19.5 Å². The minimum Gasteiger partial charge on any atom is -0.493 e. The van der Waals surface area contributed by atoms with E-state index in [1.807, 2.05) is 6.92 Å². The maximum Gasteiger partial charge on any atom is 0.255 e. The van der Waals surface area contributed by atoms with Gasteiger partial charge in [0.25, 0.3) is 5.91 Å². The van der Waals surface area contributed by atoms with Gasteiger partial charge in [-0.1, -0.05) is 0 Å². The van der Waals surface area contributed by atoms with Crippen LogP contribution >= 0.6 is 0 Å². The summed E-state index contributed by atoms with van der Waals surface area (Å²) < 4.78 is 42.1. The van der Waals surface area contributed by atoms with E-state index in [2.05, 4.69) is 10.0 Å². The largest absolute Gasteiger partial charge is 0.493 e. The van der Waals surface area contributed by atoms with E-state index < -0.39 is 10.0 Å². The third kappa shape index (κ3) is 5.22. The third-order valence-corrected chi connectivity index (χ3v) is 5.48. The van der Waals surface area contributed by atoms with Gasteiger partial charge in [0.15, 0.2) is 11.5 Å². The summed E-state index contributed by atoms with van der Waals surface area (Å²) >= 11 is 0. The van der Waals surface area contributed by atoms with Gasteiger partial charge >= 0.3 is 0 Å². The Morgan fingerprint density at radius 2 is 1.61 bits per heavy atom. The molecule has 0 heterocycles. The molecule has 0 unspecified atom stereocenters. The van der Waals surface area contributed by atoms with E-state index >= 15 is 0 Å². The summed E-state index contributed by atoms with van der Waals surface area (Å²) in [6.45, 7) is 2.27. The fourth-order valence-electron chi connectivity index (χ4n) is 2.46. The van der Waals surface area contributed by atoms with Gasteiger partial charge in [-0.3, -0.25) is 4.79 Å². The van der Waals surface area contributed by atoms with Gasteiger partial charge in [0.1, 0.15) is 0 Å². The predicted octanol–water partition coefficient (Wildman–Crippen LogP) is 2.19. The van der Waals surface area contributed by atoms with E-state index in [0.717, 1.165) is 5.56 Å². The molecule has 28 heavy (non-hydrogen) atoms. The third-order valence-electron chi connectivity index (χ3n) is 4.00. The average Bonchev–Trinajstić information content (AvgIpc) is 2.69.